The van der Waals surface area contributed by atoms with E-state index in [-0.39, 0.29) is 0 Å². The van der Waals surface area contributed by atoms with Crippen LogP contribution in [0.15, 0.2) is 29.6 Å². The number of para-hydroxylation sites is 1. The molecule has 114 valence electrons. The lowest BCUT2D eigenvalue weighted by atomic mass is 10.1. The number of fused-ring (bicyclic) bond motifs is 1. The molecule has 3 aromatic rings. The molecule has 0 saturated carbocycles. The molecule has 22 heavy (non-hydrogen) atoms. The molecule has 5 heteroatoms. The zero-order valence-corrected chi connectivity index (χ0v) is 13.4. The van der Waals surface area contributed by atoms with Crippen molar-refractivity contribution in [1.29, 1.82) is 0 Å². The first-order valence-corrected chi connectivity index (χ1v) is 8.58. The van der Waals surface area contributed by atoms with E-state index in [9.17, 15) is 0 Å². The van der Waals surface area contributed by atoms with Gasteiger partial charge in [0.15, 0.2) is 5.13 Å². The van der Waals surface area contributed by atoms with Crippen LogP contribution in [0.5, 0.6) is 0 Å². The fourth-order valence-electron chi connectivity index (χ4n) is 3.08. The van der Waals surface area contributed by atoms with E-state index >= 15 is 0 Å². The van der Waals surface area contributed by atoms with Crippen LogP contribution in [0.2, 0.25) is 0 Å². The number of rotatable bonds is 4. The Morgan fingerprint density at radius 3 is 3.18 bits per heavy atom. The van der Waals surface area contributed by atoms with Crippen molar-refractivity contribution in [2.75, 3.05) is 18.5 Å². The first kappa shape index (κ1) is 13.8. The number of hydrogen-bond acceptors (Lipinski definition) is 4. The summed E-state index contributed by atoms with van der Waals surface area (Å²) in [5.74, 6) is 0. The molecule has 0 radical (unpaired) electrons. The molecule has 0 unspecified atom stereocenters. The van der Waals surface area contributed by atoms with Gasteiger partial charge < -0.3 is 15.0 Å². The van der Waals surface area contributed by atoms with E-state index < -0.39 is 0 Å². The predicted molar refractivity (Wildman–Crippen MR) is 91.6 cm³/mol. The van der Waals surface area contributed by atoms with Crippen LogP contribution in [0.25, 0.3) is 22.2 Å². The quantitative estimate of drug-likeness (QED) is 0.759. The molecule has 1 atom stereocenters. The largest absolute Gasteiger partial charge is 0.376 e. The summed E-state index contributed by atoms with van der Waals surface area (Å²) in [5.41, 5.74) is 4.57. The Bertz CT molecular complexity index is 786. The molecule has 4 rings (SSSR count). The number of aromatic nitrogens is 2. The number of anilines is 1. The van der Waals surface area contributed by atoms with E-state index in [4.69, 9.17) is 9.72 Å². The number of nitrogens with zero attached hydrogens (tertiary/aromatic N) is 1. The fraction of sp³-hybridized carbons (Fsp3) is 0.353. The maximum Gasteiger partial charge on any atom is 0.183 e. The summed E-state index contributed by atoms with van der Waals surface area (Å²) in [6.45, 7) is 3.85. The van der Waals surface area contributed by atoms with Crippen molar-refractivity contribution >= 4 is 27.4 Å². The van der Waals surface area contributed by atoms with Crippen molar-refractivity contribution in [3.05, 3.63) is 35.3 Å². The molecule has 1 aliphatic rings. The normalized spacial score (nSPS) is 18.1. The molecule has 0 amide bonds. The Kier molecular flexibility index (Phi) is 3.60. The van der Waals surface area contributed by atoms with E-state index in [1.807, 2.05) is 0 Å². The number of hydrogen-bond donors (Lipinski definition) is 2. The van der Waals surface area contributed by atoms with E-state index in [0.29, 0.717) is 6.10 Å². The summed E-state index contributed by atoms with van der Waals surface area (Å²) in [6.07, 6.45) is 2.65. The van der Waals surface area contributed by atoms with E-state index in [0.717, 1.165) is 41.6 Å². The maximum absolute atomic E-state index is 5.64. The van der Waals surface area contributed by atoms with Crippen LogP contribution in [0, 0.1) is 6.92 Å². The SMILES string of the molecule is Cc1[nH]c2ccccc2c1-c1csc(NC[C@@H]2CCCO2)n1. The van der Waals surface area contributed by atoms with Gasteiger partial charge in [-0.3, -0.25) is 0 Å². The zero-order valence-electron chi connectivity index (χ0n) is 12.6. The number of thiazole rings is 1. The van der Waals surface area contributed by atoms with E-state index in [2.05, 4.69) is 46.9 Å². The number of aromatic amines is 1. The van der Waals surface area contributed by atoms with Gasteiger partial charge in [-0.2, -0.15) is 0 Å². The van der Waals surface area contributed by atoms with Crippen LogP contribution in [-0.2, 0) is 4.74 Å². The molecule has 0 spiro atoms. The summed E-state index contributed by atoms with van der Waals surface area (Å²) in [4.78, 5) is 8.19. The molecule has 1 saturated heterocycles. The van der Waals surface area contributed by atoms with Gasteiger partial charge in [0.1, 0.15) is 0 Å². The molecular formula is C17H19N3OS. The fourth-order valence-corrected chi connectivity index (χ4v) is 3.79. The molecule has 0 bridgehead atoms. The minimum atomic E-state index is 0.335. The monoisotopic (exact) mass is 313 g/mol. The van der Waals surface area contributed by atoms with Gasteiger partial charge in [-0.1, -0.05) is 18.2 Å². The number of nitrogens with one attached hydrogen (secondary N) is 2. The van der Waals surface area contributed by atoms with Gasteiger partial charge in [0, 0.05) is 40.7 Å². The Balaban J connectivity index is 1.58. The summed E-state index contributed by atoms with van der Waals surface area (Å²) >= 11 is 1.66. The summed E-state index contributed by atoms with van der Waals surface area (Å²) < 4.78 is 5.64. The smallest absolute Gasteiger partial charge is 0.183 e. The van der Waals surface area contributed by atoms with E-state index in [1.54, 1.807) is 11.3 Å². The zero-order chi connectivity index (χ0) is 14.9. The average molecular weight is 313 g/mol. The summed E-state index contributed by atoms with van der Waals surface area (Å²) in [5, 5.41) is 7.73. The Morgan fingerprint density at radius 2 is 2.32 bits per heavy atom. The molecule has 2 aromatic heterocycles. The van der Waals surface area contributed by atoms with Gasteiger partial charge in [-0.25, -0.2) is 4.98 Å². The first-order chi connectivity index (χ1) is 10.8. The second kappa shape index (κ2) is 5.74. The number of aryl methyl sites for hydroxylation is 1. The highest BCUT2D eigenvalue weighted by Gasteiger charge is 2.17. The third-order valence-corrected chi connectivity index (χ3v) is 4.96. The van der Waals surface area contributed by atoms with Crippen LogP contribution in [0.4, 0.5) is 5.13 Å². The second-order valence-corrected chi connectivity index (χ2v) is 6.58. The van der Waals surface area contributed by atoms with Gasteiger partial charge in [-0.15, -0.1) is 11.3 Å². The molecule has 2 N–H and O–H groups in total. The van der Waals surface area contributed by atoms with Gasteiger partial charge in [0.2, 0.25) is 0 Å². The standard InChI is InChI=1S/C17H19N3OS/c1-11-16(13-6-2-3-7-14(13)19-11)15-10-22-17(20-15)18-9-12-5-4-8-21-12/h2-3,6-7,10,12,19H,4-5,8-9H2,1H3,(H,18,20)/t12-/m0/s1. The average Bonchev–Trinajstić information content (AvgIpc) is 3.24. The van der Waals surface area contributed by atoms with Crippen molar-refractivity contribution in [1.82, 2.24) is 9.97 Å². The van der Waals surface area contributed by atoms with Gasteiger partial charge in [0.25, 0.3) is 0 Å². The number of H-pyrrole nitrogens is 1. The molecule has 4 nitrogen and oxygen atoms in total. The molecular weight excluding hydrogens is 294 g/mol. The van der Waals surface area contributed by atoms with Crippen LogP contribution in [0.1, 0.15) is 18.5 Å². The summed E-state index contributed by atoms with van der Waals surface area (Å²) in [7, 11) is 0. The Morgan fingerprint density at radius 1 is 1.41 bits per heavy atom. The minimum absolute atomic E-state index is 0.335. The molecule has 3 heterocycles. The second-order valence-electron chi connectivity index (χ2n) is 5.72. The topological polar surface area (TPSA) is 49.9 Å². The number of ether oxygens (including phenoxy) is 1. The highest BCUT2D eigenvalue weighted by molar-refractivity contribution is 7.14. The number of benzene rings is 1. The van der Waals surface area contributed by atoms with Crippen molar-refractivity contribution < 1.29 is 4.74 Å². The van der Waals surface area contributed by atoms with Gasteiger partial charge >= 0.3 is 0 Å². The van der Waals surface area contributed by atoms with Gasteiger partial charge in [0.05, 0.1) is 11.8 Å². The van der Waals surface area contributed by atoms with Crippen LogP contribution >= 0.6 is 11.3 Å². The van der Waals surface area contributed by atoms with Crippen LogP contribution < -0.4 is 5.32 Å². The molecule has 1 aromatic carbocycles. The Labute approximate surface area is 133 Å². The van der Waals surface area contributed by atoms with Crippen LogP contribution in [-0.4, -0.2) is 29.2 Å². The van der Waals surface area contributed by atoms with Gasteiger partial charge in [-0.05, 0) is 25.8 Å². The predicted octanol–water partition coefficient (Wildman–Crippen LogP) is 4.19. The highest BCUT2D eigenvalue weighted by Crippen LogP contribution is 2.33. The van der Waals surface area contributed by atoms with Crippen LogP contribution in [0.3, 0.4) is 0 Å². The molecule has 0 aliphatic carbocycles. The Hall–Kier alpha value is -1.85. The van der Waals surface area contributed by atoms with Crippen molar-refractivity contribution in [2.45, 2.75) is 25.9 Å². The molecule has 1 aliphatic heterocycles. The third kappa shape index (κ3) is 2.51. The van der Waals surface area contributed by atoms with Crippen molar-refractivity contribution in [3.63, 3.8) is 0 Å². The summed E-state index contributed by atoms with van der Waals surface area (Å²) in [6, 6.07) is 8.38. The highest BCUT2D eigenvalue weighted by atomic mass is 32.1. The lowest BCUT2D eigenvalue weighted by Gasteiger charge is -2.09. The minimum Gasteiger partial charge on any atom is -0.376 e. The lowest BCUT2D eigenvalue weighted by molar-refractivity contribution is 0.120. The first-order valence-electron chi connectivity index (χ1n) is 7.70. The maximum atomic E-state index is 5.64. The lowest BCUT2D eigenvalue weighted by Crippen LogP contribution is -2.18. The third-order valence-electron chi connectivity index (χ3n) is 4.16. The van der Waals surface area contributed by atoms with E-state index in [1.165, 1.54) is 17.4 Å². The van der Waals surface area contributed by atoms with Crippen molar-refractivity contribution in [3.8, 4) is 11.3 Å². The van der Waals surface area contributed by atoms with Crippen molar-refractivity contribution in [2.24, 2.45) is 0 Å². The molecule has 1 fully saturated rings.